The Labute approximate surface area is 86.3 Å². The molecule has 1 atom stereocenters. The van der Waals surface area contributed by atoms with Gasteiger partial charge in [-0.05, 0) is 18.8 Å². The van der Waals surface area contributed by atoms with E-state index in [1.54, 1.807) is 0 Å². The van der Waals surface area contributed by atoms with Gasteiger partial charge >= 0.3 is 0 Å². The van der Waals surface area contributed by atoms with Crippen LogP contribution in [-0.2, 0) is 9.59 Å². The van der Waals surface area contributed by atoms with Crippen LogP contribution < -0.4 is 5.32 Å². The van der Waals surface area contributed by atoms with Gasteiger partial charge in [-0.2, -0.15) is 0 Å². The van der Waals surface area contributed by atoms with Gasteiger partial charge in [-0.25, -0.2) is 0 Å². The van der Waals surface area contributed by atoms with Crippen molar-refractivity contribution in [2.75, 3.05) is 0 Å². The van der Waals surface area contributed by atoms with Crippen molar-refractivity contribution in [3.05, 3.63) is 0 Å². The topological polar surface area (TPSA) is 46.2 Å². The summed E-state index contributed by atoms with van der Waals surface area (Å²) in [7, 11) is 0. The Morgan fingerprint density at radius 2 is 1.79 bits per heavy atom. The second kappa shape index (κ2) is 5.13. The minimum Gasteiger partial charge on any atom is -0.346 e. The van der Waals surface area contributed by atoms with Crippen molar-refractivity contribution in [1.82, 2.24) is 5.32 Å². The van der Waals surface area contributed by atoms with Crippen molar-refractivity contribution >= 4 is 11.7 Å². The number of nitrogens with one attached hydrogen (secondary N) is 1. The molecule has 0 aromatic rings. The molecule has 0 bridgehead atoms. The molecule has 0 fully saturated rings. The summed E-state index contributed by atoms with van der Waals surface area (Å²) in [5.74, 6) is -0.0235. The second-order valence-corrected chi connectivity index (χ2v) is 4.73. The van der Waals surface area contributed by atoms with Crippen molar-refractivity contribution in [1.29, 1.82) is 0 Å². The number of carbonyl (C=O) groups is 2. The summed E-state index contributed by atoms with van der Waals surface area (Å²) < 4.78 is 0. The first kappa shape index (κ1) is 13.1. The molecule has 14 heavy (non-hydrogen) atoms. The Balaban J connectivity index is 4.40. The van der Waals surface area contributed by atoms with E-state index >= 15 is 0 Å². The Morgan fingerprint density at radius 1 is 1.29 bits per heavy atom. The number of amides is 1. The second-order valence-electron chi connectivity index (χ2n) is 4.73. The molecule has 1 N–H and O–H groups in total. The summed E-state index contributed by atoms with van der Waals surface area (Å²) in [6, 6.07) is -0.374. The molecule has 0 unspecified atom stereocenters. The van der Waals surface area contributed by atoms with Crippen molar-refractivity contribution in [2.45, 2.75) is 53.5 Å². The third-order valence-electron chi connectivity index (χ3n) is 2.05. The maximum Gasteiger partial charge on any atom is 0.220 e. The Bertz CT molecular complexity index is 216. The minimum absolute atomic E-state index is 0.0157. The number of hydrogen-bond donors (Lipinski definition) is 1. The standard InChI is InChI=1S/C11H21NO2/c1-6-7-9(14)12-10(8(2)13)11(3,4)5/h10H,6-7H2,1-5H3,(H,12,14)/t10-/m1/s1. The molecular formula is C11H21NO2. The van der Waals surface area contributed by atoms with Crippen LogP contribution in [0.25, 0.3) is 0 Å². The van der Waals surface area contributed by atoms with E-state index in [2.05, 4.69) is 5.32 Å². The molecule has 0 aliphatic carbocycles. The van der Waals surface area contributed by atoms with E-state index in [0.717, 1.165) is 6.42 Å². The fourth-order valence-electron chi connectivity index (χ4n) is 1.39. The highest BCUT2D eigenvalue weighted by atomic mass is 16.2. The molecular weight excluding hydrogens is 178 g/mol. The van der Waals surface area contributed by atoms with Crippen LogP contribution in [0, 0.1) is 5.41 Å². The molecule has 0 heterocycles. The Kier molecular flexibility index (Phi) is 4.81. The lowest BCUT2D eigenvalue weighted by atomic mass is 9.84. The van der Waals surface area contributed by atoms with Crippen LogP contribution in [0.1, 0.15) is 47.5 Å². The first-order valence-electron chi connectivity index (χ1n) is 5.08. The Morgan fingerprint density at radius 3 is 2.07 bits per heavy atom. The third-order valence-corrected chi connectivity index (χ3v) is 2.05. The molecule has 82 valence electrons. The smallest absolute Gasteiger partial charge is 0.220 e. The van der Waals surface area contributed by atoms with E-state index in [1.165, 1.54) is 6.92 Å². The maximum absolute atomic E-state index is 11.3. The minimum atomic E-state index is -0.374. The van der Waals surface area contributed by atoms with Gasteiger partial charge in [-0.3, -0.25) is 9.59 Å². The highest BCUT2D eigenvalue weighted by Crippen LogP contribution is 2.19. The molecule has 0 saturated carbocycles. The number of rotatable bonds is 4. The van der Waals surface area contributed by atoms with Crippen LogP contribution in [-0.4, -0.2) is 17.7 Å². The van der Waals surface area contributed by atoms with Crippen LogP contribution in [0.3, 0.4) is 0 Å². The van der Waals surface area contributed by atoms with E-state index in [0.29, 0.717) is 6.42 Å². The molecule has 0 aliphatic heterocycles. The summed E-state index contributed by atoms with van der Waals surface area (Å²) in [5.41, 5.74) is -0.213. The molecule has 0 spiro atoms. The number of carbonyl (C=O) groups excluding carboxylic acids is 2. The normalized spacial score (nSPS) is 13.5. The molecule has 3 nitrogen and oxygen atoms in total. The molecule has 0 aromatic carbocycles. The monoisotopic (exact) mass is 199 g/mol. The highest BCUT2D eigenvalue weighted by molar-refractivity contribution is 5.88. The fourth-order valence-corrected chi connectivity index (χ4v) is 1.39. The Hall–Kier alpha value is -0.860. The van der Waals surface area contributed by atoms with Gasteiger partial charge in [0.1, 0.15) is 0 Å². The van der Waals surface area contributed by atoms with Crippen LogP contribution in [0.2, 0.25) is 0 Å². The average molecular weight is 199 g/mol. The highest BCUT2D eigenvalue weighted by Gasteiger charge is 2.29. The number of hydrogen-bond acceptors (Lipinski definition) is 2. The predicted molar refractivity (Wildman–Crippen MR) is 57.0 cm³/mol. The molecule has 0 aliphatic rings. The van der Waals surface area contributed by atoms with E-state index in [1.807, 2.05) is 27.7 Å². The molecule has 0 radical (unpaired) electrons. The number of ketones is 1. The van der Waals surface area contributed by atoms with E-state index in [9.17, 15) is 9.59 Å². The van der Waals surface area contributed by atoms with E-state index in [4.69, 9.17) is 0 Å². The zero-order chi connectivity index (χ0) is 11.4. The van der Waals surface area contributed by atoms with Gasteiger partial charge in [0.15, 0.2) is 5.78 Å². The zero-order valence-corrected chi connectivity index (χ0v) is 9.81. The number of Topliss-reactive ketones (excluding diaryl/α,β-unsaturated/α-hetero) is 1. The van der Waals surface area contributed by atoms with Crippen molar-refractivity contribution in [3.8, 4) is 0 Å². The van der Waals surface area contributed by atoms with Gasteiger partial charge in [0.05, 0.1) is 6.04 Å². The molecule has 3 heteroatoms. The van der Waals surface area contributed by atoms with Gasteiger partial charge in [-0.1, -0.05) is 27.7 Å². The zero-order valence-electron chi connectivity index (χ0n) is 9.81. The van der Waals surface area contributed by atoms with Gasteiger partial charge in [0.2, 0.25) is 5.91 Å². The predicted octanol–water partition coefficient (Wildman–Crippen LogP) is 1.91. The van der Waals surface area contributed by atoms with E-state index in [-0.39, 0.29) is 23.1 Å². The lowest BCUT2D eigenvalue weighted by molar-refractivity contribution is -0.129. The molecule has 0 aromatic heterocycles. The van der Waals surface area contributed by atoms with Crippen LogP contribution in [0.15, 0.2) is 0 Å². The van der Waals surface area contributed by atoms with Crippen LogP contribution in [0.4, 0.5) is 0 Å². The maximum atomic E-state index is 11.3. The molecule has 1 amide bonds. The first-order valence-corrected chi connectivity index (χ1v) is 5.08. The van der Waals surface area contributed by atoms with Gasteiger partial charge in [0.25, 0.3) is 0 Å². The first-order chi connectivity index (χ1) is 6.29. The van der Waals surface area contributed by atoms with Gasteiger partial charge in [-0.15, -0.1) is 0 Å². The van der Waals surface area contributed by atoms with Crippen LogP contribution in [0.5, 0.6) is 0 Å². The molecule has 0 rings (SSSR count). The fraction of sp³-hybridized carbons (Fsp3) is 0.818. The van der Waals surface area contributed by atoms with Gasteiger partial charge < -0.3 is 5.32 Å². The summed E-state index contributed by atoms with van der Waals surface area (Å²) in [6.07, 6.45) is 1.29. The SMILES string of the molecule is CCCC(=O)N[C@H](C(C)=O)C(C)(C)C. The van der Waals surface area contributed by atoms with Crippen LogP contribution >= 0.6 is 0 Å². The lowest BCUT2D eigenvalue weighted by Crippen LogP contribution is -2.48. The summed E-state index contributed by atoms with van der Waals surface area (Å²) in [5, 5.41) is 2.77. The summed E-state index contributed by atoms with van der Waals surface area (Å²) in [6.45, 7) is 9.31. The van der Waals surface area contributed by atoms with E-state index < -0.39 is 0 Å². The van der Waals surface area contributed by atoms with Gasteiger partial charge in [0, 0.05) is 6.42 Å². The lowest BCUT2D eigenvalue weighted by Gasteiger charge is -2.29. The van der Waals surface area contributed by atoms with Crippen molar-refractivity contribution in [3.63, 3.8) is 0 Å². The van der Waals surface area contributed by atoms with Crippen molar-refractivity contribution < 1.29 is 9.59 Å². The quantitative estimate of drug-likeness (QED) is 0.751. The van der Waals surface area contributed by atoms with Crippen molar-refractivity contribution in [2.24, 2.45) is 5.41 Å². The average Bonchev–Trinajstić information content (AvgIpc) is 1.98. The summed E-state index contributed by atoms with van der Waals surface area (Å²) >= 11 is 0. The third kappa shape index (κ3) is 4.40. The largest absolute Gasteiger partial charge is 0.346 e. The molecule has 0 saturated heterocycles. The summed E-state index contributed by atoms with van der Waals surface area (Å²) in [4.78, 5) is 22.7.